The maximum absolute atomic E-state index is 14.0. The molecule has 0 heterocycles. The van der Waals surface area contributed by atoms with Crippen molar-refractivity contribution in [2.75, 3.05) is 19.8 Å². The lowest BCUT2D eigenvalue weighted by Gasteiger charge is -2.53. The van der Waals surface area contributed by atoms with Crippen LogP contribution < -0.4 is 0 Å². The molecule has 1 saturated carbocycles. The van der Waals surface area contributed by atoms with Crippen molar-refractivity contribution in [1.82, 2.24) is 0 Å². The van der Waals surface area contributed by atoms with Crippen LogP contribution in [-0.2, 0) is 28.2 Å². The van der Waals surface area contributed by atoms with Crippen LogP contribution in [0.3, 0.4) is 0 Å². The van der Waals surface area contributed by atoms with Gasteiger partial charge in [-0.3, -0.25) is 9.59 Å². The fourth-order valence-electron chi connectivity index (χ4n) is 8.57. The molecule has 8 heteroatoms. The molecule has 0 saturated heterocycles. The van der Waals surface area contributed by atoms with E-state index in [1.165, 1.54) is 23.7 Å². The van der Waals surface area contributed by atoms with Crippen LogP contribution in [0.4, 0.5) is 0 Å². The Morgan fingerprint density at radius 3 is 1.68 bits per heavy atom. The molecule has 2 rings (SSSR count). The summed E-state index contributed by atoms with van der Waals surface area (Å²) in [6, 6.07) is 4.45. The molecule has 0 amide bonds. The lowest BCUT2D eigenvalue weighted by molar-refractivity contribution is -0.191. The number of carbonyl (C=O) groups excluding carboxylic acids is 2. The normalized spacial score (nSPS) is 23.0. The molecule has 0 aromatic carbocycles. The second-order valence-electron chi connectivity index (χ2n) is 13.4. The van der Waals surface area contributed by atoms with Gasteiger partial charge in [-0.2, -0.15) is 0 Å². The maximum Gasteiger partial charge on any atom is 0.324 e. The zero-order chi connectivity index (χ0) is 31.2. The summed E-state index contributed by atoms with van der Waals surface area (Å²) in [6.07, 6.45) is 2.65. The summed E-state index contributed by atoms with van der Waals surface area (Å²) < 4.78 is 26.0. The molecular weight excluding hydrogens is 549 g/mol. The van der Waals surface area contributed by atoms with Crippen molar-refractivity contribution in [1.29, 1.82) is 0 Å². The summed E-state index contributed by atoms with van der Waals surface area (Å²) in [4.78, 5) is 28.1. The molecule has 2 aliphatic carbocycles. The van der Waals surface area contributed by atoms with Gasteiger partial charge in [0.2, 0.25) is 8.32 Å². The summed E-state index contributed by atoms with van der Waals surface area (Å²) in [5.74, 6) is -2.17. The van der Waals surface area contributed by atoms with E-state index in [1.54, 1.807) is 0 Å². The van der Waals surface area contributed by atoms with Crippen LogP contribution in [0.1, 0.15) is 109 Å². The number of hydrogen-bond donors (Lipinski definition) is 0. The van der Waals surface area contributed by atoms with Crippen molar-refractivity contribution in [2.24, 2.45) is 11.3 Å². The summed E-state index contributed by atoms with van der Waals surface area (Å²) >= 11 is 0. The topological polar surface area (TPSA) is 71.1 Å². The Labute approximate surface area is 253 Å². The average Bonchev–Trinajstić information content (AvgIpc) is 3.26. The Bertz CT molecular complexity index is 871. The van der Waals surface area contributed by atoms with Crippen LogP contribution >= 0.6 is 0 Å². The van der Waals surface area contributed by atoms with Crippen LogP contribution in [-0.4, -0.2) is 53.9 Å². The minimum absolute atomic E-state index is 0.228. The van der Waals surface area contributed by atoms with Crippen LogP contribution in [0.25, 0.3) is 0 Å². The van der Waals surface area contributed by atoms with Gasteiger partial charge in [0.05, 0.1) is 21.3 Å². The summed E-state index contributed by atoms with van der Waals surface area (Å²) in [5, 5.41) is 0. The molecule has 0 N–H and O–H groups in total. The van der Waals surface area contributed by atoms with Crippen molar-refractivity contribution in [2.45, 2.75) is 155 Å². The van der Waals surface area contributed by atoms with E-state index in [4.69, 9.17) is 18.6 Å². The number of allylic oxidation sites excluding steroid dienone is 1. The Morgan fingerprint density at radius 2 is 1.29 bits per heavy atom. The molecular formula is C33H62O6Si2. The first-order chi connectivity index (χ1) is 19.3. The third-order valence-electron chi connectivity index (χ3n) is 10.8. The van der Waals surface area contributed by atoms with Gasteiger partial charge in [-0.15, -0.1) is 0 Å². The fourth-order valence-corrected chi connectivity index (χ4v) is 17.6. The van der Waals surface area contributed by atoms with Crippen LogP contribution in [0.2, 0.25) is 40.8 Å². The first kappa shape index (κ1) is 36.2. The molecule has 0 radical (unpaired) electrons. The highest BCUT2D eigenvalue weighted by molar-refractivity contribution is 6.80. The Morgan fingerprint density at radius 1 is 0.805 bits per heavy atom. The van der Waals surface area contributed by atoms with E-state index in [9.17, 15) is 9.59 Å². The smallest absolute Gasteiger partial charge is 0.324 e. The lowest BCUT2D eigenvalue weighted by atomic mass is 9.68. The molecule has 0 aromatic heterocycles. The van der Waals surface area contributed by atoms with Gasteiger partial charge < -0.3 is 18.6 Å². The Balaban J connectivity index is 2.97. The number of esters is 2. The van der Waals surface area contributed by atoms with E-state index in [2.05, 4.69) is 62.3 Å². The molecule has 1 fully saturated rings. The first-order valence-corrected chi connectivity index (χ1v) is 21.7. The SMILES string of the molecule is CCOC(=O)C1(C(=O)OCC)CC(C[Si](CC)(CC)CC)=C2C1CCCC2(OCC)O[Si](C(C)C)(C(C)C)C(C)C. The second kappa shape index (κ2) is 14.7. The van der Waals surface area contributed by atoms with E-state index in [0.717, 1.165) is 30.9 Å². The Kier molecular flexibility index (Phi) is 13.0. The second-order valence-corrected chi connectivity index (χ2v) is 24.2. The Hall–Kier alpha value is -0.966. The quantitative estimate of drug-likeness (QED) is 0.0571. The van der Waals surface area contributed by atoms with Gasteiger partial charge in [0.25, 0.3) is 0 Å². The zero-order valence-corrected chi connectivity index (χ0v) is 30.5. The number of fused-ring (bicyclic) bond motifs is 1. The number of carbonyl (C=O) groups is 2. The molecule has 2 unspecified atom stereocenters. The number of rotatable bonds is 16. The minimum Gasteiger partial charge on any atom is -0.465 e. The van der Waals surface area contributed by atoms with E-state index in [0.29, 0.717) is 29.7 Å². The molecule has 2 aliphatic rings. The van der Waals surface area contributed by atoms with Crippen molar-refractivity contribution in [3.8, 4) is 0 Å². The average molecular weight is 611 g/mol. The fraction of sp³-hybridized carbons (Fsp3) is 0.879. The molecule has 6 nitrogen and oxygen atoms in total. The van der Waals surface area contributed by atoms with Crippen LogP contribution in [0, 0.1) is 11.3 Å². The van der Waals surface area contributed by atoms with Crippen molar-refractivity contribution in [3.63, 3.8) is 0 Å². The highest BCUT2D eigenvalue weighted by Crippen LogP contribution is 2.62. The third kappa shape index (κ3) is 6.46. The van der Waals surface area contributed by atoms with Crippen molar-refractivity contribution in [3.05, 3.63) is 11.1 Å². The van der Waals surface area contributed by atoms with Gasteiger partial charge in [-0.1, -0.05) is 86.0 Å². The first-order valence-electron chi connectivity index (χ1n) is 16.7. The maximum atomic E-state index is 14.0. The third-order valence-corrected chi connectivity index (χ3v) is 22.5. The minimum atomic E-state index is -2.41. The standard InChI is InChI=1S/C33H62O6Si2/c1-13-36-30(34)32(31(35)37-14-2)22-27(23-40(16-4,17-5)18-6)29-28(32)20-19-21-33(29,38-15-3)39-41(24(7)8,25(9)10)26(11)12/h24-26,28H,13-23H2,1-12H3. The summed E-state index contributed by atoms with van der Waals surface area (Å²) in [6.45, 7) is 27.4. The van der Waals surface area contributed by atoms with Gasteiger partial charge >= 0.3 is 11.9 Å². The largest absolute Gasteiger partial charge is 0.465 e. The summed E-state index contributed by atoms with van der Waals surface area (Å²) in [5.41, 5.74) is 2.07. The van der Waals surface area contributed by atoms with E-state index >= 15 is 0 Å². The van der Waals surface area contributed by atoms with E-state index < -0.39 is 39.5 Å². The highest BCUT2D eigenvalue weighted by Gasteiger charge is 2.66. The summed E-state index contributed by atoms with van der Waals surface area (Å²) in [7, 11) is -4.11. The lowest BCUT2D eigenvalue weighted by Crippen LogP contribution is -2.59. The van der Waals surface area contributed by atoms with Crippen molar-refractivity contribution < 1.29 is 28.2 Å². The predicted molar refractivity (Wildman–Crippen MR) is 173 cm³/mol. The van der Waals surface area contributed by atoms with Gasteiger partial charge in [0.15, 0.2) is 11.2 Å². The van der Waals surface area contributed by atoms with Gasteiger partial charge in [-0.25, -0.2) is 0 Å². The zero-order valence-electron chi connectivity index (χ0n) is 28.5. The molecule has 238 valence electrons. The van der Waals surface area contributed by atoms with E-state index in [1.807, 2.05) is 20.8 Å². The van der Waals surface area contributed by atoms with Crippen LogP contribution in [0.15, 0.2) is 11.1 Å². The molecule has 0 spiro atoms. The van der Waals surface area contributed by atoms with Gasteiger partial charge in [-0.05, 0) is 68.3 Å². The highest BCUT2D eigenvalue weighted by atomic mass is 28.4. The molecule has 0 aliphatic heterocycles. The molecule has 2 atom stereocenters. The number of ether oxygens (including phenoxy) is 3. The van der Waals surface area contributed by atoms with Crippen LogP contribution in [0.5, 0.6) is 0 Å². The van der Waals surface area contributed by atoms with Crippen molar-refractivity contribution >= 4 is 28.3 Å². The number of hydrogen-bond acceptors (Lipinski definition) is 6. The van der Waals surface area contributed by atoms with Gasteiger partial charge in [0.1, 0.15) is 0 Å². The molecule has 0 aromatic rings. The monoisotopic (exact) mass is 610 g/mol. The van der Waals surface area contributed by atoms with E-state index in [-0.39, 0.29) is 19.1 Å². The molecule has 41 heavy (non-hydrogen) atoms. The van der Waals surface area contributed by atoms with Gasteiger partial charge in [0, 0.05) is 18.9 Å². The predicted octanol–water partition coefficient (Wildman–Crippen LogP) is 9.03. The molecule has 0 bridgehead atoms.